The summed E-state index contributed by atoms with van der Waals surface area (Å²) in [5.74, 6) is 13.1. The van der Waals surface area contributed by atoms with Crippen LogP contribution in [0.15, 0.2) is 194 Å². The minimum absolute atomic E-state index is 0.201. The Morgan fingerprint density at radius 2 is 0.480 bits per heavy atom. The molecule has 0 unspecified atom stereocenters. The first-order valence-electron chi connectivity index (χ1n) is 48.8. The fourth-order valence-electron chi connectivity index (χ4n) is 16.7. The molecule has 0 radical (unpaired) electrons. The Balaban J connectivity index is 0.883. The summed E-state index contributed by atoms with van der Waals surface area (Å²) in [4.78, 5) is 86.8. The van der Waals surface area contributed by atoms with Crippen LogP contribution in [0.4, 0.5) is 11.4 Å². The number of anilines is 2. The smallest absolute Gasteiger partial charge is 0.303 e. The lowest BCUT2D eigenvalue weighted by molar-refractivity contribution is -0.138. The van der Waals surface area contributed by atoms with Crippen molar-refractivity contribution < 1.29 is 105 Å². The van der Waals surface area contributed by atoms with Crippen LogP contribution in [-0.4, -0.2) is 261 Å². The van der Waals surface area contributed by atoms with Gasteiger partial charge in [0.1, 0.15) is 49.4 Å². The van der Waals surface area contributed by atoms with E-state index in [1.54, 1.807) is 52.7 Å². The fraction of sp³-hybridized carbons (Fsp3) is 0.276. The first-order valence-corrected chi connectivity index (χ1v) is 48.8. The molecule has 8 N–H and O–H groups in total. The highest BCUT2D eigenvalue weighted by molar-refractivity contribution is 6.03. The van der Waals surface area contributed by atoms with E-state index < -0.39 is 23.8 Å². The molecular formula is C116H116N10O22. The number of methoxy groups -OCH3 is 4. The topological polar surface area (TPSA) is 395 Å². The number of aliphatic carboxylic acids is 2. The first kappa shape index (κ1) is 105. The zero-order chi connectivity index (χ0) is 102. The number of aromatic amines is 4. The summed E-state index contributed by atoms with van der Waals surface area (Å²) < 4.78 is 92.5. The summed E-state index contributed by atoms with van der Waals surface area (Å²) in [5.41, 5.74) is 20.6. The van der Waals surface area contributed by atoms with Crippen molar-refractivity contribution in [2.24, 2.45) is 0 Å². The number of amides is 2. The lowest BCUT2D eigenvalue weighted by Gasteiger charge is -2.10. The molecule has 2 amide bonds. The van der Waals surface area contributed by atoms with Crippen LogP contribution in [0.25, 0.3) is 160 Å². The standard InChI is InChI=1S/C116H116N10O22/c1-133-49-53-137-57-61-141-65-69-145-85-15-7-11-79(73-85)113-99-33-29-91(119-99)89(92-30-34-100(120-92)114(80-12-8-16-86(74-80)146-70-66-142-62-58-138-54-50-134-2)104-42-38-96(124-104)111(95-37-41-103(113)123-95)77-21-25-83(26-22-77)117-107(127)45-47-109(129)130)19-5-6-20-90-93-31-35-101(121-93)115(81-13-9-17-87(75-81)147-71-67-143-63-59-139-55-51-135-3)105-43-39-97(125-105)112(78-23-27-84(28-24-78)118-108(128)46-48-110(131)132)98-40-44-106(126-98)116(102-36-32-94(90)122-102)82-14-10-18-88(76-82)148-72-68-144-64-60-140-56-52-136-4/h7-18,21-44,73-76,119,121,124,126H,45-72H2,1-4H3,(H,117,127)(H,118,128)(H,129,130)(H,131,132). The SMILES string of the molecule is COCCOCCOCCOc1cccc(-c2c3nc(c(-c4ccc(NC(=O)CCC(=O)O)cc4)c4ccc([nH]4)c(-c4cccc(OCCOCCOCCOC)c4)c4nc(c(C#CC#Cc5c6nc(c(-c7cccc(OCCOCCOCCOC)c7)c7ccc([nH]7)c(-c7ccc(NC(=O)CCC(=O)O)cc7)c7nc(c(-c8cccc(OCCOCCOCCOC)c8)c8ccc5[nH]8)C=C7)C=C6)c5ccc2[nH]5)C=C4)C=C3)c1. The van der Waals surface area contributed by atoms with Gasteiger partial charge < -0.3 is 117 Å². The second-order valence-corrected chi connectivity index (χ2v) is 33.9. The van der Waals surface area contributed by atoms with Gasteiger partial charge in [0.05, 0.1) is 213 Å². The predicted molar refractivity (Wildman–Crippen MR) is 571 cm³/mol. The zero-order valence-corrected chi connectivity index (χ0v) is 82.7. The molecule has 0 saturated carbocycles. The maximum absolute atomic E-state index is 13.1. The molecule has 148 heavy (non-hydrogen) atoms. The van der Waals surface area contributed by atoms with Crippen molar-refractivity contribution in [3.8, 4) is 113 Å². The molecule has 0 aliphatic carbocycles. The molecular weight excluding hydrogens is 1890 g/mol. The van der Waals surface area contributed by atoms with Gasteiger partial charge >= 0.3 is 11.9 Å². The molecule has 4 aliphatic rings. The molecule has 0 spiro atoms. The summed E-state index contributed by atoms with van der Waals surface area (Å²) in [6.45, 7) is 9.02. The van der Waals surface area contributed by atoms with Crippen LogP contribution in [-0.2, 0) is 76.0 Å². The normalized spacial score (nSPS) is 11.7. The van der Waals surface area contributed by atoms with Gasteiger partial charge in [-0.25, -0.2) is 19.9 Å². The summed E-state index contributed by atoms with van der Waals surface area (Å²) in [6, 6.07) is 61.9. The first-order chi connectivity index (χ1) is 72.7. The highest BCUT2D eigenvalue weighted by atomic mass is 16.6. The van der Waals surface area contributed by atoms with Crippen molar-refractivity contribution in [3.05, 3.63) is 251 Å². The van der Waals surface area contributed by atoms with E-state index in [2.05, 4.69) is 54.3 Å². The number of carboxylic acid groups (broad SMARTS) is 2. The second kappa shape index (κ2) is 54.4. The minimum atomic E-state index is -1.08. The van der Waals surface area contributed by atoms with Gasteiger partial charge in [0.15, 0.2) is 0 Å². The Morgan fingerprint density at radius 3 is 0.736 bits per heavy atom. The largest absolute Gasteiger partial charge is 0.491 e. The predicted octanol–water partition coefficient (Wildman–Crippen LogP) is 18.9. The molecule has 0 saturated heterocycles. The number of nitrogens with one attached hydrogen (secondary N) is 6. The average molecular weight is 2000 g/mol. The number of aromatic nitrogens is 8. The van der Waals surface area contributed by atoms with E-state index in [1.807, 2.05) is 218 Å². The summed E-state index contributed by atoms with van der Waals surface area (Å²) >= 11 is 0. The van der Waals surface area contributed by atoms with Crippen molar-refractivity contribution in [2.75, 3.05) is 198 Å². The monoisotopic (exact) mass is 2000 g/mol. The van der Waals surface area contributed by atoms with Crippen LogP contribution < -0.4 is 29.6 Å². The Labute approximate surface area is 855 Å². The van der Waals surface area contributed by atoms with Gasteiger partial charge in [0.25, 0.3) is 0 Å². The number of fused-ring (bicyclic) bond motifs is 16. The number of carboxylic acids is 2. The second-order valence-electron chi connectivity index (χ2n) is 33.9. The molecule has 16 bridgehead atoms. The van der Waals surface area contributed by atoms with E-state index in [0.717, 1.165) is 44.5 Å². The van der Waals surface area contributed by atoms with Crippen molar-refractivity contribution in [1.29, 1.82) is 0 Å². The van der Waals surface area contributed by atoms with Gasteiger partial charge in [-0.3, -0.25) is 19.2 Å². The van der Waals surface area contributed by atoms with Crippen LogP contribution in [0.5, 0.6) is 23.0 Å². The van der Waals surface area contributed by atoms with Crippen molar-refractivity contribution in [1.82, 2.24) is 39.9 Å². The van der Waals surface area contributed by atoms with Gasteiger partial charge in [-0.2, -0.15) is 0 Å². The summed E-state index contributed by atoms with van der Waals surface area (Å²) in [5, 5.41) is 24.6. The van der Waals surface area contributed by atoms with Gasteiger partial charge in [0.2, 0.25) is 11.8 Å². The number of rotatable bonds is 54. The molecule has 16 rings (SSSR count). The number of nitrogens with zero attached hydrogens (tertiary/aromatic N) is 4. The minimum Gasteiger partial charge on any atom is -0.491 e. The van der Waals surface area contributed by atoms with Crippen LogP contribution in [0.2, 0.25) is 0 Å². The third kappa shape index (κ3) is 29.1. The van der Waals surface area contributed by atoms with Gasteiger partial charge in [-0.1, -0.05) is 72.8 Å². The van der Waals surface area contributed by atoms with Gasteiger partial charge in [-0.05, 0) is 227 Å². The Hall–Kier alpha value is -15.8. The van der Waals surface area contributed by atoms with Crippen LogP contribution in [0.1, 0.15) is 82.4 Å². The lowest BCUT2D eigenvalue weighted by Crippen LogP contribution is -2.13. The van der Waals surface area contributed by atoms with Gasteiger partial charge in [0, 0.05) is 119 Å². The highest BCUT2D eigenvalue weighted by Crippen LogP contribution is 2.43. The van der Waals surface area contributed by atoms with Crippen LogP contribution in [0.3, 0.4) is 0 Å². The van der Waals surface area contributed by atoms with Crippen molar-refractivity contribution in [2.45, 2.75) is 25.7 Å². The number of benzene rings is 6. The fourth-order valence-corrected chi connectivity index (χ4v) is 16.7. The molecule has 32 heteroatoms. The Kier molecular flexibility index (Phi) is 38.6. The Bertz CT molecular complexity index is 6740. The van der Waals surface area contributed by atoms with Crippen LogP contribution in [0, 0.1) is 23.7 Å². The van der Waals surface area contributed by atoms with E-state index in [9.17, 15) is 29.4 Å². The number of hydrogen-bond donors (Lipinski definition) is 8. The summed E-state index contributed by atoms with van der Waals surface area (Å²) in [6.07, 6.45) is 14.7. The maximum atomic E-state index is 13.1. The molecule has 12 aromatic rings. The molecule has 32 nitrogen and oxygen atoms in total. The maximum Gasteiger partial charge on any atom is 0.303 e. The van der Waals surface area contributed by atoms with E-state index in [4.69, 9.17) is 95.7 Å². The highest BCUT2D eigenvalue weighted by Gasteiger charge is 2.25. The molecule has 6 aromatic heterocycles. The summed E-state index contributed by atoms with van der Waals surface area (Å²) in [7, 11) is 6.51. The van der Waals surface area contributed by atoms with Gasteiger partial charge in [-0.15, -0.1) is 0 Å². The lowest BCUT2D eigenvalue weighted by atomic mass is 10.0. The average Bonchev–Trinajstić information content (AvgIpc) is 1.62. The zero-order valence-electron chi connectivity index (χ0n) is 82.7. The molecule has 6 aromatic carbocycles. The third-order valence-electron chi connectivity index (χ3n) is 23.7. The molecule has 4 aliphatic heterocycles. The van der Waals surface area contributed by atoms with Crippen molar-refractivity contribution >= 4 is 128 Å². The van der Waals surface area contributed by atoms with Crippen LogP contribution >= 0.6 is 0 Å². The number of ether oxygens (including phenoxy) is 16. The molecule has 0 atom stereocenters. The third-order valence-corrected chi connectivity index (χ3v) is 23.7. The number of carbonyl (C=O) groups is 4. The molecule has 10 heterocycles. The molecule has 0 fully saturated rings. The van der Waals surface area contributed by atoms with E-state index in [1.165, 1.54) is 0 Å². The number of hydrogen-bond acceptors (Lipinski definition) is 24. The quantitative estimate of drug-likeness (QED) is 0.0130. The molecule has 762 valence electrons. The van der Waals surface area contributed by atoms with E-state index in [0.29, 0.717) is 290 Å². The van der Waals surface area contributed by atoms with Crippen molar-refractivity contribution in [3.63, 3.8) is 0 Å². The Morgan fingerprint density at radius 1 is 0.257 bits per heavy atom. The number of carbonyl (C=O) groups excluding carboxylic acids is 2. The van der Waals surface area contributed by atoms with E-state index in [-0.39, 0.29) is 52.1 Å². The van der Waals surface area contributed by atoms with E-state index >= 15 is 0 Å². The number of H-pyrrole nitrogens is 4.